The Labute approximate surface area is 141 Å². The molecule has 0 spiro atoms. The fourth-order valence-corrected chi connectivity index (χ4v) is 2.99. The Morgan fingerprint density at radius 1 is 1.25 bits per heavy atom. The molecule has 5 heteroatoms. The second kappa shape index (κ2) is 7.43. The van der Waals surface area contributed by atoms with Crippen LogP contribution in [0.2, 0.25) is 0 Å². The molecular formula is C19H22FN3O. The van der Waals surface area contributed by atoms with Crippen molar-refractivity contribution in [3.63, 3.8) is 0 Å². The first-order valence-electron chi connectivity index (χ1n) is 8.29. The van der Waals surface area contributed by atoms with Gasteiger partial charge in [0.15, 0.2) is 0 Å². The first-order chi connectivity index (χ1) is 11.6. The molecule has 1 fully saturated rings. The van der Waals surface area contributed by atoms with Gasteiger partial charge in [0, 0.05) is 26.0 Å². The number of hydrogen-bond donors (Lipinski definition) is 1. The van der Waals surface area contributed by atoms with Crippen molar-refractivity contribution in [3.05, 3.63) is 65.7 Å². The van der Waals surface area contributed by atoms with Crippen LogP contribution in [-0.4, -0.2) is 23.0 Å². The molecule has 24 heavy (non-hydrogen) atoms. The predicted molar refractivity (Wildman–Crippen MR) is 90.7 cm³/mol. The van der Waals surface area contributed by atoms with E-state index in [1.54, 1.807) is 36.5 Å². The van der Waals surface area contributed by atoms with Gasteiger partial charge < -0.3 is 10.2 Å². The Balaban J connectivity index is 1.67. The second-order valence-corrected chi connectivity index (χ2v) is 6.38. The number of pyridine rings is 1. The molecular weight excluding hydrogens is 305 g/mol. The maximum atomic E-state index is 13.2. The third-order valence-corrected chi connectivity index (χ3v) is 4.65. The summed E-state index contributed by atoms with van der Waals surface area (Å²) in [6.07, 6.45) is 6.81. The highest BCUT2D eigenvalue weighted by Crippen LogP contribution is 2.37. The van der Waals surface area contributed by atoms with Crippen LogP contribution in [0.1, 0.15) is 36.4 Å². The molecule has 0 saturated heterocycles. The van der Waals surface area contributed by atoms with Gasteiger partial charge >= 0.3 is 6.03 Å². The smallest absolute Gasteiger partial charge is 0.317 e. The highest BCUT2D eigenvalue weighted by atomic mass is 19.1. The minimum Gasteiger partial charge on any atom is -0.331 e. The van der Waals surface area contributed by atoms with E-state index in [4.69, 9.17) is 0 Å². The van der Waals surface area contributed by atoms with E-state index in [-0.39, 0.29) is 17.9 Å². The predicted octanol–water partition coefficient (Wildman–Crippen LogP) is 3.90. The lowest BCUT2D eigenvalue weighted by Gasteiger charge is -2.35. The highest BCUT2D eigenvalue weighted by Gasteiger charge is 2.30. The third-order valence-electron chi connectivity index (χ3n) is 4.65. The molecule has 4 nitrogen and oxygen atoms in total. The average molecular weight is 327 g/mol. The summed E-state index contributed by atoms with van der Waals surface area (Å²) in [4.78, 5) is 18.2. The van der Waals surface area contributed by atoms with Crippen LogP contribution in [0.15, 0.2) is 48.8 Å². The van der Waals surface area contributed by atoms with Crippen LogP contribution in [0, 0.1) is 11.7 Å². The van der Waals surface area contributed by atoms with Gasteiger partial charge in [-0.1, -0.05) is 18.6 Å². The molecule has 0 bridgehead atoms. The summed E-state index contributed by atoms with van der Waals surface area (Å²) >= 11 is 0. The van der Waals surface area contributed by atoms with Crippen LogP contribution in [0.25, 0.3) is 0 Å². The van der Waals surface area contributed by atoms with Gasteiger partial charge in [-0.2, -0.15) is 0 Å². The fourth-order valence-electron chi connectivity index (χ4n) is 2.99. The zero-order valence-electron chi connectivity index (χ0n) is 13.8. The van der Waals surface area contributed by atoms with Gasteiger partial charge in [0.1, 0.15) is 5.82 Å². The van der Waals surface area contributed by atoms with Crippen LogP contribution in [-0.2, 0) is 6.54 Å². The van der Waals surface area contributed by atoms with Gasteiger partial charge in [0.2, 0.25) is 0 Å². The Kier molecular flexibility index (Phi) is 5.08. The maximum Gasteiger partial charge on any atom is 0.317 e. The summed E-state index contributed by atoms with van der Waals surface area (Å²) in [6, 6.07) is 10.0. The Morgan fingerprint density at radius 3 is 2.50 bits per heavy atom. The average Bonchev–Trinajstić information content (AvgIpc) is 2.54. The number of hydrogen-bond acceptors (Lipinski definition) is 2. The molecule has 1 aliphatic rings. The number of carbonyl (C=O) groups is 1. The lowest BCUT2D eigenvalue weighted by atomic mass is 9.77. The van der Waals surface area contributed by atoms with Crippen molar-refractivity contribution in [1.82, 2.24) is 15.2 Å². The standard InChI is InChI=1S/C19H22FN3O/c1-23(13-14-9-11-21-12-10-14)19(24)22-18(15-3-2-4-15)16-5-7-17(20)8-6-16/h5-12,15,18H,2-4,13H2,1H3,(H,22,24)/t18-/m1/s1. The summed E-state index contributed by atoms with van der Waals surface area (Å²) in [5.74, 6) is 0.168. The number of nitrogens with zero attached hydrogens (tertiary/aromatic N) is 2. The molecule has 126 valence electrons. The number of carbonyl (C=O) groups excluding carboxylic acids is 1. The second-order valence-electron chi connectivity index (χ2n) is 6.38. The van der Waals surface area contributed by atoms with Gasteiger partial charge in [-0.3, -0.25) is 4.98 Å². The molecule has 0 radical (unpaired) electrons. The number of aromatic nitrogens is 1. The molecule has 2 aromatic rings. The first-order valence-corrected chi connectivity index (χ1v) is 8.29. The Morgan fingerprint density at radius 2 is 1.92 bits per heavy atom. The Bertz CT molecular complexity index is 671. The highest BCUT2D eigenvalue weighted by molar-refractivity contribution is 5.74. The number of benzene rings is 1. The molecule has 3 rings (SSSR count). The van der Waals surface area contributed by atoms with E-state index in [0.29, 0.717) is 12.5 Å². The molecule has 1 saturated carbocycles. The molecule has 1 aromatic carbocycles. The molecule has 1 atom stereocenters. The van der Waals surface area contributed by atoms with Gasteiger partial charge in [0.25, 0.3) is 0 Å². The summed E-state index contributed by atoms with van der Waals surface area (Å²) in [5.41, 5.74) is 2.00. The van der Waals surface area contributed by atoms with Crippen molar-refractivity contribution in [2.24, 2.45) is 5.92 Å². The zero-order chi connectivity index (χ0) is 16.9. The van der Waals surface area contributed by atoms with Crippen LogP contribution in [0.4, 0.5) is 9.18 Å². The van der Waals surface area contributed by atoms with E-state index < -0.39 is 0 Å². The molecule has 0 aliphatic heterocycles. The Hall–Kier alpha value is -2.43. The number of halogens is 1. The van der Waals surface area contributed by atoms with Crippen LogP contribution in [0.5, 0.6) is 0 Å². The van der Waals surface area contributed by atoms with E-state index in [9.17, 15) is 9.18 Å². The minimum absolute atomic E-state index is 0.0632. The minimum atomic E-state index is -0.257. The topological polar surface area (TPSA) is 45.2 Å². The summed E-state index contributed by atoms with van der Waals surface area (Å²) in [5, 5.41) is 3.12. The van der Waals surface area contributed by atoms with Crippen molar-refractivity contribution < 1.29 is 9.18 Å². The van der Waals surface area contributed by atoms with Crippen LogP contribution in [0.3, 0.4) is 0 Å². The van der Waals surface area contributed by atoms with Crippen LogP contribution >= 0.6 is 0 Å². The molecule has 1 heterocycles. The zero-order valence-corrected chi connectivity index (χ0v) is 13.8. The van der Waals surface area contributed by atoms with Gasteiger partial charge in [-0.05, 0) is 54.2 Å². The summed E-state index contributed by atoms with van der Waals surface area (Å²) in [7, 11) is 1.78. The van der Waals surface area contributed by atoms with E-state index in [0.717, 1.165) is 24.0 Å². The van der Waals surface area contributed by atoms with E-state index in [1.165, 1.54) is 18.6 Å². The number of urea groups is 1. The summed E-state index contributed by atoms with van der Waals surface area (Å²) < 4.78 is 13.2. The third kappa shape index (κ3) is 3.91. The van der Waals surface area contributed by atoms with Gasteiger partial charge in [-0.15, -0.1) is 0 Å². The van der Waals surface area contributed by atoms with Crippen molar-refractivity contribution in [2.45, 2.75) is 31.8 Å². The summed E-state index contributed by atoms with van der Waals surface area (Å²) in [6.45, 7) is 0.523. The monoisotopic (exact) mass is 327 g/mol. The number of nitrogens with one attached hydrogen (secondary N) is 1. The van der Waals surface area contributed by atoms with Crippen molar-refractivity contribution in [2.75, 3.05) is 7.05 Å². The molecule has 1 aliphatic carbocycles. The van der Waals surface area contributed by atoms with Crippen LogP contribution < -0.4 is 5.32 Å². The molecule has 2 amide bonds. The number of amides is 2. The van der Waals surface area contributed by atoms with Crippen molar-refractivity contribution >= 4 is 6.03 Å². The normalized spacial score (nSPS) is 15.4. The van der Waals surface area contributed by atoms with Crippen molar-refractivity contribution in [3.8, 4) is 0 Å². The van der Waals surface area contributed by atoms with Crippen molar-refractivity contribution in [1.29, 1.82) is 0 Å². The lowest BCUT2D eigenvalue weighted by Crippen LogP contribution is -2.42. The first kappa shape index (κ1) is 16.4. The van der Waals surface area contributed by atoms with E-state index in [2.05, 4.69) is 10.3 Å². The fraction of sp³-hybridized carbons (Fsp3) is 0.368. The largest absolute Gasteiger partial charge is 0.331 e. The quantitative estimate of drug-likeness (QED) is 0.905. The van der Waals surface area contributed by atoms with Gasteiger partial charge in [-0.25, -0.2) is 9.18 Å². The lowest BCUT2D eigenvalue weighted by molar-refractivity contribution is 0.182. The molecule has 0 unspecified atom stereocenters. The van der Waals surface area contributed by atoms with Gasteiger partial charge in [0.05, 0.1) is 6.04 Å². The van der Waals surface area contributed by atoms with E-state index in [1.807, 2.05) is 12.1 Å². The maximum absolute atomic E-state index is 13.2. The number of rotatable bonds is 5. The SMILES string of the molecule is CN(Cc1ccncc1)C(=O)N[C@@H](c1ccc(F)cc1)C1CCC1. The van der Waals surface area contributed by atoms with E-state index >= 15 is 0 Å². The molecule has 1 aromatic heterocycles. The molecule has 1 N–H and O–H groups in total.